The molecule has 1 aliphatic rings. The average Bonchev–Trinajstić information content (AvgIpc) is 2.64. The third-order valence-electron chi connectivity index (χ3n) is 4.31. The van der Waals surface area contributed by atoms with Crippen LogP contribution in [0.15, 0.2) is 54.6 Å². The molecule has 1 aliphatic heterocycles. The van der Waals surface area contributed by atoms with Crippen molar-refractivity contribution in [3.8, 4) is 17.2 Å². The van der Waals surface area contributed by atoms with Crippen LogP contribution in [0.2, 0.25) is 0 Å². The van der Waals surface area contributed by atoms with E-state index in [4.69, 9.17) is 14.2 Å². The van der Waals surface area contributed by atoms with Gasteiger partial charge in [-0.2, -0.15) is 0 Å². The lowest BCUT2D eigenvalue weighted by molar-refractivity contribution is 0.0912. The van der Waals surface area contributed by atoms with Crippen LogP contribution in [0.4, 0.5) is 0 Å². The number of para-hydroxylation sites is 3. The van der Waals surface area contributed by atoms with Crippen LogP contribution in [0.3, 0.4) is 0 Å². The molecule has 0 spiro atoms. The maximum Gasteiger partial charge on any atom is 0.161 e. The van der Waals surface area contributed by atoms with Gasteiger partial charge in [-0.3, -0.25) is 4.90 Å². The number of methoxy groups -OCH3 is 1. The Morgan fingerprint density at radius 2 is 1.58 bits per heavy atom. The molecule has 24 heavy (non-hydrogen) atoms. The van der Waals surface area contributed by atoms with Gasteiger partial charge in [0.15, 0.2) is 11.5 Å². The van der Waals surface area contributed by atoms with Crippen molar-refractivity contribution < 1.29 is 14.2 Å². The minimum absolute atomic E-state index is 0.318. The fourth-order valence-corrected chi connectivity index (χ4v) is 2.96. The Labute approximate surface area is 144 Å². The van der Waals surface area contributed by atoms with Crippen molar-refractivity contribution in [2.24, 2.45) is 0 Å². The van der Waals surface area contributed by atoms with Crippen LogP contribution in [0, 0.1) is 0 Å². The molecule has 1 heterocycles. The smallest absolute Gasteiger partial charge is 0.161 e. The monoisotopic (exact) mass is 327 g/mol. The van der Waals surface area contributed by atoms with Gasteiger partial charge in [-0.05, 0) is 37.1 Å². The Balaban J connectivity index is 1.38. The molecule has 3 rings (SSSR count). The molecule has 0 amide bonds. The van der Waals surface area contributed by atoms with Crippen LogP contribution < -0.4 is 14.2 Å². The summed E-state index contributed by atoms with van der Waals surface area (Å²) in [6, 6.07) is 17.9. The third kappa shape index (κ3) is 4.65. The van der Waals surface area contributed by atoms with E-state index in [-0.39, 0.29) is 0 Å². The molecule has 2 aromatic rings. The maximum atomic E-state index is 6.03. The number of hydrogen-bond acceptors (Lipinski definition) is 4. The van der Waals surface area contributed by atoms with Crippen LogP contribution in [0.1, 0.15) is 12.8 Å². The molecule has 0 bridgehead atoms. The second kappa shape index (κ2) is 8.60. The fraction of sp³-hybridized carbons (Fsp3) is 0.400. The quantitative estimate of drug-likeness (QED) is 0.777. The van der Waals surface area contributed by atoms with Gasteiger partial charge in [0.1, 0.15) is 18.5 Å². The van der Waals surface area contributed by atoms with Gasteiger partial charge in [0.05, 0.1) is 7.11 Å². The number of rotatable bonds is 7. The van der Waals surface area contributed by atoms with Crippen molar-refractivity contribution in [1.82, 2.24) is 4.90 Å². The van der Waals surface area contributed by atoms with E-state index in [2.05, 4.69) is 4.90 Å². The summed E-state index contributed by atoms with van der Waals surface area (Å²) in [5.74, 6) is 2.56. The van der Waals surface area contributed by atoms with Gasteiger partial charge in [0.2, 0.25) is 0 Å². The van der Waals surface area contributed by atoms with E-state index < -0.39 is 0 Å². The molecule has 4 heteroatoms. The topological polar surface area (TPSA) is 30.9 Å². The first-order valence-electron chi connectivity index (χ1n) is 8.55. The fourth-order valence-electron chi connectivity index (χ4n) is 2.96. The summed E-state index contributed by atoms with van der Waals surface area (Å²) >= 11 is 0. The number of hydrogen-bond donors (Lipinski definition) is 0. The Hall–Kier alpha value is -2.20. The first-order chi connectivity index (χ1) is 11.8. The van der Waals surface area contributed by atoms with Gasteiger partial charge in [-0.1, -0.05) is 30.3 Å². The van der Waals surface area contributed by atoms with Crippen LogP contribution in [0.5, 0.6) is 17.2 Å². The highest BCUT2D eigenvalue weighted by Crippen LogP contribution is 2.25. The SMILES string of the molecule is COc1ccccc1OCCN1CCC(Oc2ccccc2)CC1. The highest BCUT2D eigenvalue weighted by atomic mass is 16.5. The van der Waals surface area contributed by atoms with Crippen LogP contribution in [0.25, 0.3) is 0 Å². The average molecular weight is 327 g/mol. The van der Waals surface area contributed by atoms with Gasteiger partial charge in [-0.15, -0.1) is 0 Å². The molecule has 0 unspecified atom stereocenters. The first-order valence-corrected chi connectivity index (χ1v) is 8.55. The Morgan fingerprint density at radius 3 is 2.29 bits per heavy atom. The zero-order chi connectivity index (χ0) is 16.6. The van der Waals surface area contributed by atoms with Crippen molar-refractivity contribution in [1.29, 1.82) is 0 Å². The van der Waals surface area contributed by atoms with Gasteiger partial charge in [0, 0.05) is 19.6 Å². The Kier molecular flexibility index (Phi) is 5.96. The lowest BCUT2D eigenvalue weighted by Gasteiger charge is -2.32. The number of ether oxygens (including phenoxy) is 3. The highest BCUT2D eigenvalue weighted by Gasteiger charge is 2.20. The molecular weight excluding hydrogens is 302 g/mol. The second-order valence-electron chi connectivity index (χ2n) is 5.97. The summed E-state index contributed by atoms with van der Waals surface area (Å²) in [7, 11) is 1.67. The van der Waals surface area contributed by atoms with E-state index >= 15 is 0 Å². The molecule has 2 aromatic carbocycles. The largest absolute Gasteiger partial charge is 0.493 e. The van der Waals surface area contributed by atoms with Crippen LogP contribution in [-0.2, 0) is 0 Å². The van der Waals surface area contributed by atoms with E-state index in [1.54, 1.807) is 7.11 Å². The summed E-state index contributed by atoms with van der Waals surface area (Å²) in [6.07, 6.45) is 2.44. The molecule has 4 nitrogen and oxygen atoms in total. The van der Waals surface area contributed by atoms with Crippen molar-refractivity contribution >= 4 is 0 Å². The van der Waals surface area contributed by atoms with Gasteiger partial charge in [-0.25, -0.2) is 0 Å². The Morgan fingerprint density at radius 1 is 0.917 bits per heavy atom. The minimum Gasteiger partial charge on any atom is -0.493 e. The van der Waals surface area contributed by atoms with Crippen molar-refractivity contribution in [2.75, 3.05) is 33.4 Å². The summed E-state index contributed by atoms with van der Waals surface area (Å²) < 4.78 is 17.2. The van der Waals surface area contributed by atoms with E-state index in [9.17, 15) is 0 Å². The number of likely N-dealkylation sites (tertiary alicyclic amines) is 1. The molecule has 1 saturated heterocycles. The molecule has 0 atom stereocenters. The third-order valence-corrected chi connectivity index (χ3v) is 4.31. The van der Waals surface area contributed by atoms with Gasteiger partial charge >= 0.3 is 0 Å². The number of benzene rings is 2. The molecule has 0 aliphatic carbocycles. The maximum absolute atomic E-state index is 6.03. The summed E-state index contributed by atoms with van der Waals surface area (Å²) in [6.45, 7) is 3.69. The van der Waals surface area contributed by atoms with Crippen LogP contribution in [-0.4, -0.2) is 44.4 Å². The zero-order valence-electron chi connectivity index (χ0n) is 14.2. The second-order valence-corrected chi connectivity index (χ2v) is 5.97. The van der Waals surface area contributed by atoms with Gasteiger partial charge in [0.25, 0.3) is 0 Å². The predicted octanol–water partition coefficient (Wildman–Crippen LogP) is 3.62. The molecule has 0 radical (unpaired) electrons. The van der Waals surface area contributed by atoms with Crippen LogP contribution >= 0.6 is 0 Å². The highest BCUT2D eigenvalue weighted by molar-refractivity contribution is 5.39. The summed E-state index contributed by atoms with van der Waals surface area (Å²) in [5.41, 5.74) is 0. The normalized spacial score (nSPS) is 15.9. The Bertz CT molecular complexity index is 609. The lowest BCUT2D eigenvalue weighted by atomic mass is 10.1. The predicted molar refractivity (Wildman–Crippen MR) is 95.0 cm³/mol. The molecular formula is C20H25NO3. The van der Waals surface area contributed by atoms with Crippen molar-refractivity contribution in [3.63, 3.8) is 0 Å². The lowest BCUT2D eigenvalue weighted by Crippen LogP contribution is -2.40. The summed E-state index contributed by atoms with van der Waals surface area (Å²) in [4.78, 5) is 2.43. The number of nitrogens with zero attached hydrogens (tertiary/aromatic N) is 1. The summed E-state index contributed by atoms with van der Waals surface area (Å²) in [5, 5.41) is 0. The van der Waals surface area contributed by atoms with E-state index in [1.165, 1.54) is 0 Å². The first kappa shape index (κ1) is 16.7. The van der Waals surface area contributed by atoms with E-state index in [1.807, 2.05) is 54.6 Å². The standard InChI is InChI=1S/C20H25NO3/c1-22-19-9-5-6-10-20(19)23-16-15-21-13-11-18(12-14-21)24-17-7-3-2-4-8-17/h2-10,18H,11-16H2,1H3. The van der Waals surface area contributed by atoms with E-state index in [0.29, 0.717) is 12.7 Å². The van der Waals surface area contributed by atoms with Crippen molar-refractivity contribution in [3.05, 3.63) is 54.6 Å². The molecule has 0 saturated carbocycles. The number of piperidine rings is 1. The molecule has 0 N–H and O–H groups in total. The zero-order valence-corrected chi connectivity index (χ0v) is 14.2. The van der Waals surface area contributed by atoms with Crippen molar-refractivity contribution in [2.45, 2.75) is 18.9 Å². The molecule has 128 valence electrons. The minimum atomic E-state index is 0.318. The van der Waals surface area contributed by atoms with Gasteiger partial charge < -0.3 is 14.2 Å². The van der Waals surface area contributed by atoms with E-state index in [0.717, 1.165) is 49.7 Å². The molecule has 1 fully saturated rings. The molecule has 0 aromatic heterocycles.